The number of nitrogens with two attached hydrogens (primary N) is 1. The van der Waals surface area contributed by atoms with Crippen LogP contribution in [0.3, 0.4) is 0 Å². The van der Waals surface area contributed by atoms with Crippen LogP contribution in [0.5, 0.6) is 0 Å². The molecule has 0 spiro atoms. The lowest BCUT2D eigenvalue weighted by molar-refractivity contribution is -0.118. The molecule has 0 aliphatic rings. The highest BCUT2D eigenvalue weighted by molar-refractivity contribution is 5.98. The maximum atomic E-state index is 11.9. The fraction of sp³-hybridized carbons (Fsp3) is 0.429. The van der Waals surface area contributed by atoms with Crippen LogP contribution in [-0.2, 0) is 4.79 Å². The third-order valence-corrected chi connectivity index (χ3v) is 3.18. The number of hydrogen-bond acceptors (Lipinski definition) is 3. The summed E-state index contributed by atoms with van der Waals surface area (Å²) < 4.78 is 0. The summed E-state index contributed by atoms with van der Waals surface area (Å²) >= 11 is 0. The molecule has 2 unspecified atom stereocenters. The number of anilines is 1. The van der Waals surface area contributed by atoms with E-state index < -0.39 is 6.04 Å². The first-order valence-corrected chi connectivity index (χ1v) is 6.38. The van der Waals surface area contributed by atoms with E-state index in [1.54, 1.807) is 31.3 Å². The molecule has 5 nitrogen and oxygen atoms in total. The Bertz CT molecular complexity index is 465. The summed E-state index contributed by atoms with van der Waals surface area (Å²) in [4.78, 5) is 23.4. The summed E-state index contributed by atoms with van der Waals surface area (Å²) in [5.74, 6) is -0.312. The van der Waals surface area contributed by atoms with E-state index in [9.17, 15) is 9.59 Å². The SMILES string of the molecule is CCC(C)C(N)C(=O)Nc1cccc(C(=O)NC)c1.Cl. The molecule has 20 heavy (non-hydrogen) atoms. The summed E-state index contributed by atoms with van der Waals surface area (Å²) in [6.07, 6.45) is 0.840. The van der Waals surface area contributed by atoms with Crippen molar-refractivity contribution in [2.45, 2.75) is 26.3 Å². The number of amides is 2. The van der Waals surface area contributed by atoms with Crippen molar-refractivity contribution in [3.63, 3.8) is 0 Å². The highest BCUT2D eigenvalue weighted by Crippen LogP contribution is 2.13. The Kier molecular flexibility index (Phi) is 7.87. The smallest absolute Gasteiger partial charge is 0.251 e. The monoisotopic (exact) mass is 299 g/mol. The van der Waals surface area contributed by atoms with Gasteiger partial charge in [0.15, 0.2) is 0 Å². The number of rotatable bonds is 5. The standard InChI is InChI=1S/C14H21N3O2.ClH/c1-4-9(2)12(15)14(19)17-11-7-5-6-10(8-11)13(18)16-3;/h5-9,12H,4,15H2,1-3H3,(H,16,18)(H,17,19);1H. The Hall–Kier alpha value is -1.59. The molecule has 0 aromatic heterocycles. The van der Waals surface area contributed by atoms with Gasteiger partial charge in [-0.05, 0) is 24.1 Å². The maximum absolute atomic E-state index is 11.9. The van der Waals surface area contributed by atoms with Crippen LogP contribution in [-0.4, -0.2) is 24.9 Å². The minimum Gasteiger partial charge on any atom is -0.355 e. The summed E-state index contributed by atoms with van der Waals surface area (Å²) in [7, 11) is 1.56. The van der Waals surface area contributed by atoms with Gasteiger partial charge in [0, 0.05) is 18.3 Å². The van der Waals surface area contributed by atoms with Crippen LogP contribution in [0.25, 0.3) is 0 Å². The topological polar surface area (TPSA) is 84.2 Å². The Labute approximate surface area is 125 Å². The average molecular weight is 300 g/mol. The van der Waals surface area contributed by atoms with Crippen molar-refractivity contribution in [1.82, 2.24) is 5.32 Å². The van der Waals surface area contributed by atoms with Crippen molar-refractivity contribution in [2.24, 2.45) is 11.7 Å². The maximum Gasteiger partial charge on any atom is 0.251 e. The Balaban J connectivity index is 0.00000361. The summed E-state index contributed by atoms with van der Waals surface area (Å²) in [5.41, 5.74) is 6.92. The molecule has 0 aliphatic heterocycles. The summed E-state index contributed by atoms with van der Waals surface area (Å²) in [6.45, 7) is 3.93. The molecule has 6 heteroatoms. The van der Waals surface area contributed by atoms with E-state index >= 15 is 0 Å². The van der Waals surface area contributed by atoms with Gasteiger partial charge in [-0.3, -0.25) is 9.59 Å². The van der Waals surface area contributed by atoms with Crippen LogP contribution in [0.2, 0.25) is 0 Å². The first-order chi connectivity index (χ1) is 8.99. The largest absolute Gasteiger partial charge is 0.355 e. The molecule has 0 bridgehead atoms. The van der Waals surface area contributed by atoms with Gasteiger partial charge >= 0.3 is 0 Å². The van der Waals surface area contributed by atoms with Gasteiger partial charge in [-0.15, -0.1) is 12.4 Å². The third-order valence-electron chi connectivity index (χ3n) is 3.18. The van der Waals surface area contributed by atoms with Gasteiger partial charge in [0.1, 0.15) is 0 Å². The minimum absolute atomic E-state index is 0. The molecule has 112 valence electrons. The Morgan fingerprint density at radius 3 is 2.55 bits per heavy atom. The third kappa shape index (κ3) is 4.83. The lowest BCUT2D eigenvalue weighted by Gasteiger charge is -2.17. The summed E-state index contributed by atoms with van der Waals surface area (Å²) in [5, 5.41) is 5.27. The number of halogens is 1. The predicted molar refractivity (Wildman–Crippen MR) is 83.1 cm³/mol. The minimum atomic E-state index is -0.548. The summed E-state index contributed by atoms with van der Waals surface area (Å²) in [6, 6.07) is 6.21. The van der Waals surface area contributed by atoms with Crippen molar-refractivity contribution in [3.8, 4) is 0 Å². The second-order valence-electron chi connectivity index (χ2n) is 4.56. The average Bonchev–Trinajstić information content (AvgIpc) is 2.44. The molecule has 1 rings (SSSR count). The van der Waals surface area contributed by atoms with Gasteiger partial charge in [-0.1, -0.05) is 26.3 Å². The van der Waals surface area contributed by atoms with E-state index in [-0.39, 0.29) is 30.1 Å². The van der Waals surface area contributed by atoms with Crippen molar-refractivity contribution < 1.29 is 9.59 Å². The molecular weight excluding hydrogens is 278 g/mol. The van der Waals surface area contributed by atoms with Gasteiger partial charge in [-0.25, -0.2) is 0 Å². The van der Waals surface area contributed by atoms with Crippen LogP contribution in [0.1, 0.15) is 30.6 Å². The van der Waals surface area contributed by atoms with Crippen LogP contribution < -0.4 is 16.4 Å². The van der Waals surface area contributed by atoms with Crippen LogP contribution in [0.4, 0.5) is 5.69 Å². The highest BCUT2D eigenvalue weighted by atomic mass is 35.5. The normalized spacial score (nSPS) is 12.8. The molecule has 0 heterocycles. The fourth-order valence-electron chi connectivity index (χ4n) is 1.62. The molecule has 2 atom stereocenters. The van der Waals surface area contributed by atoms with Gasteiger partial charge in [0.05, 0.1) is 6.04 Å². The molecule has 0 aliphatic carbocycles. The quantitative estimate of drug-likeness (QED) is 0.775. The Morgan fingerprint density at radius 2 is 2.00 bits per heavy atom. The molecule has 2 amide bonds. The molecule has 0 saturated carbocycles. The van der Waals surface area contributed by atoms with E-state index in [0.29, 0.717) is 11.3 Å². The number of carbonyl (C=O) groups excluding carboxylic acids is 2. The van der Waals surface area contributed by atoms with Crippen molar-refractivity contribution in [2.75, 3.05) is 12.4 Å². The molecular formula is C14H22ClN3O2. The second kappa shape index (κ2) is 8.55. The molecule has 1 aromatic carbocycles. The van der Waals surface area contributed by atoms with Gasteiger partial charge in [0.25, 0.3) is 5.91 Å². The molecule has 0 radical (unpaired) electrons. The van der Waals surface area contributed by atoms with Gasteiger partial charge in [0.2, 0.25) is 5.91 Å². The fourth-order valence-corrected chi connectivity index (χ4v) is 1.62. The zero-order valence-corrected chi connectivity index (χ0v) is 12.8. The number of benzene rings is 1. The lowest BCUT2D eigenvalue weighted by atomic mass is 9.99. The first-order valence-electron chi connectivity index (χ1n) is 6.38. The molecule has 0 fully saturated rings. The van der Waals surface area contributed by atoms with Gasteiger partial charge in [-0.2, -0.15) is 0 Å². The number of carbonyl (C=O) groups is 2. The second-order valence-corrected chi connectivity index (χ2v) is 4.56. The van der Waals surface area contributed by atoms with E-state index in [1.165, 1.54) is 0 Å². The Morgan fingerprint density at radius 1 is 1.35 bits per heavy atom. The molecule has 4 N–H and O–H groups in total. The van der Waals surface area contributed by atoms with Crippen LogP contribution >= 0.6 is 12.4 Å². The van der Waals surface area contributed by atoms with E-state index in [0.717, 1.165) is 6.42 Å². The molecule has 0 saturated heterocycles. The first kappa shape index (κ1) is 18.4. The number of nitrogens with one attached hydrogen (secondary N) is 2. The van der Waals surface area contributed by atoms with Gasteiger partial charge < -0.3 is 16.4 Å². The van der Waals surface area contributed by atoms with E-state index in [4.69, 9.17) is 5.73 Å². The molecule has 1 aromatic rings. The number of hydrogen-bond donors (Lipinski definition) is 3. The van der Waals surface area contributed by atoms with E-state index in [1.807, 2.05) is 13.8 Å². The van der Waals surface area contributed by atoms with Crippen molar-refractivity contribution >= 4 is 29.9 Å². The van der Waals surface area contributed by atoms with Crippen LogP contribution in [0, 0.1) is 5.92 Å². The van der Waals surface area contributed by atoms with Crippen molar-refractivity contribution in [3.05, 3.63) is 29.8 Å². The van der Waals surface area contributed by atoms with Crippen LogP contribution in [0.15, 0.2) is 24.3 Å². The zero-order chi connectivity index (χ0) is 14.4. The zero-order valence-electron chi connectivity index (χ0n) is 12.0. The lowest BCUT2D eigenvalue weighted by Crippen LogP contribution is -2.40. The van der Waals surface area contributed by atoms with E-state index in [2.05, 4.69) is 10.6 Å². The highest BCUT2D eigenvalue weighted by Gasteiger charge is 2.19. The van der Waals surface area contributed by atoms with Crippen molar-refractivity contribution in [1.29, 1.82) is 0 Å². The predicted octanol–water partition coefficient (Wildman–Crippen LogP) is 1.78.